The third kappa shape index (κ3) is 5.99. The first kappa shape index (κ1) is 24.3. The number of nitrogens with zero attached hydrogens (tertiary/aromatic N) is 2. The second-order valence-electron chi connectivity index (χ2n) is 11.3. The predicted molar refractivity (Wildman–Crippen MR) is 139 cm³/mol. The van der Waals surface area contributed by atoms with Gasteiger partial charge in [0, 0.05) is 44.0 Å². The summed E-state index contributed by atoms with van der Waals surface area (Å²) in [6, 6.07) is 14.4. The van der Waals surface area contributed by atoms with E-state index in [1.165, 1.54) is 11.1 Å². The van der Waals surface area contributed by atoms with E-state index in [0.717, 1.165) is 57.5 Å². The van der Waals surface area contributed by atoms with E-state index in [1.54, 1.807) is 0 Å². The van der Waals surface area contributed by atoms with Crippen LogP contribution in [0.15, 0.2) is 42.5 Å². The highest BCUT2D eigenvalue weighted by molar-refractivity contribution is 6.02. The van der Waals surface area contributed by atoms with Crippen LogP contribution in [-0.4, -0.2) is 36.3 Å². The van der Waals surface area contributed by atoms with Crippen LogP contribution in [0.1, 0.15) is 74.9 Å². The maximum absolute atomic E-state index is 13.5. The van der Waals surface area contributed by atoms with Crippen molar-refractivity contribution in [2.75, 3.05) is 29.9 Å². The van der Waals surface area contributed by atoms with Gasteiger partial charge in [-0.05, 0) is 66.3 Å². The van der Waals surface area contributed by atoms with Crippen molar-refractivity contribution in [2.24, 2.45) is 11.3 Å². The molecule has 0 radical (unpaired) electrons. The Bertz CT molecular complexity index is 1030. The van der Waals surface area contributed by atoms with Gasteiger partial charge in [0.05, 0.1) is 5.56 Å². The van der Waals surface area contributed by atoms with Crippen LogP contribution >= 0.6 is 0 Å². The third-order valence-corrected chi connectivity index (χ3v) is 6.87. The van der Waals surface area contributed by atoms with Crippen LogP contribution in [0.4, 0.5) is 11.4 Å². The van der Waals surface area contributed by atoms with Crippen molar-refractivity contribution in [3.05, 3.63) is 59.2 Å². The molecule has 2 aromatic rings. The molecule has 2 aliphatic heterocycles. The molecule has 5 nitrogen and oxygen atoms in total. The van der Waals surface area contributed by atoms with Gasteiger partial charge in [-0.2, -0.15) is 0 Å². The minimum absolute atomic E-state index is 0.0102. The molecule has 2 aromatic carbocycles. The van der Waals surface area contributed by atoms with Crippen molar-refractivity contribution in [2.45, 2.75) is 66.3 Å². The summed E-state index contributed by atoms with van der Waals surface area (Å²) < 4.78 is 0. The van der Waals surface area contributed by atoms with Crippen molar-refractivity contribution < 1.29 is 9.59 Å². The molecule has 34 heavy (non-hydrogen) atoms. The first-order valence-electron chi connectivity index (χ1n) is 12.7. The standard InChI is InChI=1S/C29H39N3O2/c1-21(19-29(2,3)4)17-27(33)30-24-11-12-26(25(18-24)28(34)31-14-7-8-15-31)32-16-13-22-9-5-6-10-23(22)20-32/h5-6,9-12,18,21H,7-8,13-17,19-20H2,1-4H3,(H,30,33). The van der Waals surface area contributed by atoms with Gasteiger partial charge in [-0.25, -0.2) is 0 Å². The summed E-state index contributed by atoms with van der Waals surface area (Å²) in [5.41, 5.74) is 5.27. The lowest BCUT2D eigenvalue weighted by Crippen LogP contribution is -2.34. The van der Waals surface area contributed by atoms with Gasteiger partial charge in [0.1, 0.15) is 0 Å². The molecule has 1 fully saturated rings. The molecule has 2 aliphatic rings. The fraction of sp³-hybridized carbons (Fsp3) is 0.517. The number of benzene rings is 2. The third-order valence-electron chi connectivity index (χ3n) is 6.87. The Morgan fingerprint density at radius 2 is 1.71 bits per heavy atom. The van der Waals surface area contributed by atoms with Crippen LogP contribution in [0, 0.1) is 11.3 Å². The number of carbonyl (C=O) groups is 2. The molecule has 5 heteroatoms. The Labute approximate surface area is 204 Å². The van der Waals surface area contributed by atoms with E-state index in [0.29, 0.717) is 23.6 Å². The summed E-state index contributed by atoms with van der Waals surface area (Å²) in [6.45, 7) is 12.0. The maximum Gasteiger partial charge on any atom is 0.256 e. The summed E-state index contributed by atoms with van der Waals surface area (Å²) in [5, 5.41) is 3.06. The molecular weight excluding hydrogens is 422 g/mol. The normalized spacial score (nSPS) is 16.8. The summed E-state index contributed by atoms with van der Waals surface area (Å²) in [7, 11) is 0. The number of hydrogen-bond donors (Lipinski definition) is 1. The Balaban J connectivity index is 1.55. The molecule has 2 amide bonds. The minimum atomic E-state index is 0.0102. The van der Waals surface area contributed by atoms with E-state index in [-0.39, 0.29) is 17.2 Å². The molecular formula is C29H39N3O2. The van der Waals surface area contributed by atoms with E-state index < -0.39 is 0 Å². The molecule has 1 saturated heterocycles. The fourth-order valence-corrected chi connectivity index (χ4v) is 5.50. The van der Waals surface area contributed by atoms with Gasteiger partial charge < -0.3 is 15.1 Å². The zero-order chi connectivity index (χ0) is 24.3. The van der Waals surface area contributed by atoms with Gasteiger partial charge in [-0.1, -0.05) is 52.0 Å². The zero-order valence-corrected chi connectivity index (χ0v) is 21.2. The molecule has 0 bridgehead atoms. The van der Waals surface area contributed by atoms with Gasteiger partial charge in [0.2, 0.25) is 5.91 Å². The molecule has 0 saturated carbocycles. The molecule has 0 aliphatic carbocycles. The van der Waals surface area contributed by atoms with Crippen LogP contribution in [-0.2, 0) is 17.8 Å². The van der Waals surface area contributed by atoms with Gasteiger partial charge in [-0.3, -0.25) is 9.59 Å². The number of anilines is 2. The number of hydrogen-bond acceptors (Lipinski definition) is 3. The van der Waals surface area contributed by atoms with Crippen molar-refractivity contribution in [3.63, 3.8) is 0 Å². The smallest absolute Gasteiger partial charge is 0.256 e. The van der Waals surface area contributed by atoms with Gasteiger partial charge in [0.15, 0.2) is 0 Å². The van der Waals surface area contributed by atoms with Crippen LogP contribution < -0.4 is 10.2 Å². The highest BCUT2D eigenvalue weighted by Gasteiger charge is 2.26. The van der Waals surface area contributed by atoms with Crippen LogP contribution in [0.3, 0.4) is 0 Å². The molecule has 4 rings (SSSR count). The van der Waals surface area contributed by atoms with E-state index in [9.17, 15) is 9.59 Å². The summed E-state index contributed by atoms with van der Waals surface area (Å²) >= 11 is 0. The average molecular weight is 462 g/mol. The number of rotatable bonds is 6. The second kappa shape index (κ2) is 10.2. The highest BCUT2D eigenvalue weighted by Crippen LogP contribution is 2.32. The monoisotopic (exact) mass is 461 g/mol. The van der Waals surface area contributed by atoms with Gasteiger partial charge >= 0.3 is 0 Å². The Morgan fingerprint density at radius 1 is 1.00 bits per heavy atom. The Morgan fingerprint density at radius 3 is 2.41 bits per heavy atom. The number of fused-ring (bicyclic) bond motifs is 1. The Hall–Kier alpha value is -2.82. The molecule has 0 spiro atoms. The maximum atomic E-state index is 13.5. The second-order valence-corrected chi connectivity index (χ2v) is 11.3. The van der Waals surface area contributed by atoms with Crippen LogP contribution in [0.5, 0.6) is 0 Å². The summed E-state index contributed by atoms with van der Waals surface area (Å²) in [5.74, 6) is 0.387. The quantitative estimate of drug-likeness (QED) is 0.584. The van der Waals surface area contributed by atoms with Crippen molar-refractivity contribution in [1.82, 2.24) is 4.90 Å². The molecule has 1 unspecified atom stereocenters. The van der Waals surface area contributed by atoms with E-state index >= 15 is 0 Å². The largest absolute Gasteiger partial charge is 0.366 e. The van der Waals surface area contributed by atoms with Crippen molar-refractivity contribution in [3.8, 4) is 0 Å². The molecule has 1 atom stereocenters. The lowest BCUT2D eigenvalue weighted by atomic mass is 9.84. The molecule has 182 valence electrons. The topological polar surface area (TPSA) is 52.7 Å². The number of carbonyl (C=O) groups excluding carboxylic acids is 2. The Kier molecular flexibility index (Phi) is 7.30. The van der Waals surface area contributed by atoms with E-state index in [1.807, 2.05) is 23.1 Å². The average Bonchev–Trinajstić information content (AvgIpc) is 3.32. The molecule has 0 aromatic heterocycles. The first-order valence-corrected chi connectivity index (χ1v) is 12.7. The fourth-order valence-electron chi connectivity index (χ4n) is 5.50. The van der Waals surface area contributed by atoms with Crippen molar-refractivity contribution >= 4 is 23.2 Å². The SMILES string of the molecule is CC(CC(=O)Nc1ccc(N2CCc3ccccc3C2)c(C(=O)N2CCCC2)c1)CC(C)(C)C. The number of amides is 2. The van der Waals surface area contributed by atoms with Crippen LogP contribution in [0.25, 0.3) is 0 Å². The lowest BCUT2D eigenvalue weighted by molar-refractivity contribution is -0.117. The number of nitrogens with one attached hydrogen (secondary N) is 1. The molecule has 2 heterocycles. The lowest BCUT2D eigenvalue weighted by Gasteiger charge is -2.33. The summed E-state index contributed by atoms with van der Waals surface area (Å²) in [6.07, 6.45) is 4.56. The van der Waals surface area contributed by atoms with Gasteiger partial charge in [0.25, 0.3) is 5.91 Å². The van der Waals surface area contributed by atoms with Crippen molar-refractivity contribution in [1.29, 1.82) is 0 Å². The van der Waals surface area contributed by atoms with E-state index in [4.69, 9.17) is 0 Å². The molecule has 1 N–H and O–H groups in total. The van der Waals surface area contributed by atoms with E-state index in [2.05, 4.69) is 62.2 Å². The predicted octanol–water partition coefficient (Wildman–Crippen LogP) is 5.89. The minimum Gasteiger partial charge on any atom is -0.366 e. The van der Waals surface area contributed by atoms with Gasteiger partial charge in [-0.15, -0.1) is 0 Å². The number of likely N-dealkylation sites (tertiary alicyclic amines) is 1. The van der Waals surface area contributed by atoms with Crippen LogP contribution in [0.2, 0.25) is 0 Å². The summed E-state index contributed by atoms with van der Waals surface area (Å²) in [4.78, 5) is 30.5. The highest BCUT2D eigenvalue weighted by atomic mass is 16.2. The zero-order valence-electron chi connectivity index (χ0n) is 21.2. The first-order chi connectivity index (χ1) is 16.2.